The Morgan fingerprint density at radius 1 is 0.935 bits per heavy atom. The molecule has 0 aliphatic carbocycles. The standard InChI is InChI=1S/C26H20N2O2S/c1-18-22-17-24(31-25(22)28(27-18)21-13-6-3-7-14-21)26(29)30-23-15-9-8-12-20(23)16-19-10-4-2-5-11-19/h2-15,17H,16H2,1H3. The first-order chi connectivity index (χ1) is 15.2. The van der Waals surface area contributed by atoms with Crippen molar-refractivity contribution in [3.05, 3.63) is 113 Å². The van der Waals surface area contributed by atoms with E-state index in [1.807, 2.05) is 90.5 Å². The van der Waals surface area contributed by atoms with Crippen LogP contribution in [-0.4, -0.2) is 15.7 Å². The maximum atomic E-state index is 13.0. The predicted molar refractivity (Wildman–Crippen MR) is 124 cm³/mol. The third-order valence-corrected chi connectivity index (χ3v) is 6.25. The van der Waals surface area contributed by atoms with Crippen molar-refractivity contribution in [3.8, 4) is 11.4 Å². The number of carbonyl (C=O) groups excluding carboxylic acids is 1. The molecule has 0 aliphatic heterocycles. The van der Waals surface area contributed by atoms with Crippen molar-refractivity contribution in [2.75, 3.05) is 0 Å². The smallest absolute Gasteiger partial charge is 0.353 e. The van der Waals surface area contributed by atoms with E-state index >= 15 is 0 Å². The third kappa shape index (κ3) is 3.88. The molecule has 31 heavy (non-hydrogen) atoms. The van der Waals surface area contributed by atoms with Gasteiger partial charge in [0.25, 0.3) is 0 Å². The Bertz CT molecular complexity index is 1350. The van der Waals surface area contributed by atoms with Crippen LogP contribution in [-0.2, 0) is 6.42 Å². The molecule has 5 heteroatoms. The van der Waals surface area contributed by atoms with E-state index in [0.717, 1.165) is 27.2 Å². The fourth-order valence-corrected chi connectivity index (χ4v) is 4.67. The molecule has 0 unspecified atom stereocenters. The number of hydrogen-bond acceptors (Lipinski definition) is 4. The second-order valence-electron chi connectivity index (χ2n) is 7.32. The van der Waals surface area contributed by atoms with Crippen LogP contribution in [0.25, 0.3) is 15.9 Å². The Labute approximate surface area is 184 Å². The summed E-state index contributed by atoms with van der Waals surface area (Å²) in [7, 11) is 0. The number of fused-ring (bicyclic) bond motifs is 1. The SMILES string of the molecule is Cc1nn(-c2ccccc2)c2sc(C(=O)Oc3ccccc3Cc3ccccc3)cc12. The Morgan fingerprint density at radius 3 is 2.39 bits per heavy atom. The van der Waals surface area contributed by atoms with Gasteiger partial charge in [0, 0.05) is 11.8 Å². The Morgan fingerprint density at radius 2 is 1.61 bits per heavy atom. The molecule has 0 fully saturated rings. The monoisotopic (exact) mass is 424 g/mol. The lowest BCUT2D eigenvalue weighted by Gasteiger charge is -2.09. The van der Waals surface area contributed by atoms with E-state index in [1.165, 1.54) is 16.9 Å². The van der Waals surface area contributed by atoms with Crippen LogP contribution in [0.2, 0.25) is 0 Å². The van der Waals surface area contributed by atoms with Gasteiger partial charge in [0.2, 0.25) is 0 Å². The topological polar surface area (TPSA) is 44.1 Å². The van der Waals surface area contributed by atoms with Gasteiger partial charge in [0.05, 0.1) is 11.4 Å². The van der Waals surface area contributed by atoms with Crippen LogP contribution in [0.1, 0.15) is 26.5 Å². The summed E-state index contributed by atoms with van der Waals surface area (Å²) >= 11 is 1.40. The lowest BCUT2D eigenvalue weighted by molar-refractivity contribution is 0.0738. The summed E-state index contributed by atoms with van der Waals surface area (Å²) in [5, 5.41) is 5.61. The van der Waals surface area contributed by atoms with Gasteiger partial charge in [-0.1, -0.05) is 66.7 Å². The molecule has 0 spiro atoms. The summed E-state index contributed by atoms with van der Waals surface area (Å²) in [6.45, 7) is 1.96. The molecule has 2 aromatic heterocycles. The summed E-state index contributed by atoms with van der Waals surface area (Å²) in [5.74, 6) is 0.246. The molecule has 0 saturated carbocycles. The molecule has 0 bridgehead atoms. The molecule has 5 aromatic rings. The number of para-hydroxylation sites is 2. The number of aromatic nitrogens is 2. The van der Waals surface area contributed by atoms with Crippen LogP contribution < -0.4 is 4.74 Å². The van der Waals surface area contributed by atoms with Gasteiger partial charge in [-0.3, -0.25) is 0 Å². The zero-order chi connectivity index (χ0) is 21.2. The number of esters is 1. The number of carbonyl (C=O) groups is 1. The first kappa shape index (κ1) is 19.3. The Balaban J connectivity index is 1.44. The molecule has 0 amide bonds. The molecular formula is C26H20N2O2S. The van der Waals surface area contributed by atoms with Gasteiger partial charge in [0.1, 0.15) is 15.5 Å². The van der Waals surface area contributed by atoms with Crippen LogP contribution in [0.15, 0.2) is 91.0 Å². The minimum Gasteiger partial charge on any atom is -0.422 e. The van der Waals surface area contributed by atoms with Crippen molar-refractivity contribution < 1.29 is 9.53 Å². The summed E-state index contributed by atoms with van der Waals surface area (Å²) in [4.78, 5) is 14.5. The van der Waals surface area contributed by atoms with E-state index in [4.69, 9.17) is 4.74 Å². The van der Waals surface area contributed by atoms with E-state index in [-0.39, 0.29) is 5.97 Å². The molecule has 0 aliphatic rings. The summed E-state index contributed by atoms with van der Waals surface area (Å²) in [5.41, 5.74) is 4.01. The average molecular weight is 425 g/mol. The molecule has 0 N–H and O–H groups in total. The van der Waals surface area contributed by atoms with E-state index < -0.39 is 0 Å². The van der Waals surface area contributed by atoms with Crippen LogP contribution in [0.4, 0.5) is 0 Å². The van der Waals surface area contributed by atoms with Crippen molar-refractivity contribution in [1.82, 2.24) is 9.78 Å². The van der Waals surface area contributed by atoms with E-state index in [9.17, 15) is 4.79 Å². The van der Waals surface area contributed by atoms with Crippen LogP contribution in [0.5, 0.6) is 5.75 Å². The first-order valence-electron chi connectivity index (χ1n) is 10.1. The molecule has 3 aromatic carbocycles. The van der Waals surface area contributed by atoms with Crippen LogP contribution in [0, 0.1) is 6.92 Å². The molecule has 5 rings (SSSR count). The number of thiophene rings is 1. The van der Waals surface area contributed by atoms with E-state index in [0.29, 0.717) is 17.0 Å². The lowest BCUT2D eigenvalue weighted by Crippen LogP contribution is -2.08. The van der Waals surface area contributed by atoms with E-state index in [2.05, 4.69) is 17.2 Å². The second kappa shape index (κ2) is 8.20. The largest absolute Gasteiger partial charge is 0.422 e. The van der Waals surface area contributed by atoms with Gasteiger partial charge < -0.3 is 4.74 Å². The highest BCUT2D eigenvalue weighted by Crippen LogP contribution is 2.31. The number of ether oxygens (including phenoxy) is 1. The lowest BCUT2D eigenvalue weighted by atomic mass is 10.0. The number of benzene rings is 3. The van der Waals surface area contributed by atoms with Crippen molar-refractivity contribution >= 4 is 27.5 Å². The summed E-state index contributed by atoms with van der Waals surface area (Å²) < 4.78 is 7.71. The predicted octanol–water partition coefficient (Wildman–Crippen LogP) is 6.21. The molecule has 2 heterocycles. The highest BCUT2D eigenvalue weighted by atomic mass is 32.1. The molecule has 152 valence electrons. The molecule has 4 nitrogen and oxygen atoms in total. The zero-order valence-corrected chi connectivity index (χ0v) is 17.8. The highest BCUT2D eigenvalue weighted by molar-refractivity contribution is 7.20. The van der Waals surface area contributed by atoms with E-state index in [1.54, 1.807) is 0 Å². The van der Waals surface area contributed by atoms with Gasteiger partial charge >= 0.3 is 5.97 Å². The highest BCUT2D eigenvalue weighted by Gasteiger charge is 2.19. The first-order valence-corrected chi connectivity index (χ1v) is 10.9. The van der Waals surface area contributed by atoms with Crippen molar-refractivity contribution in [3.63, 3.8) is 0 Å². The minimum atomic E-state index is -0.347. The molecule has 0 saturated heterocycles. The molecular weight excluding hydrogens is 404 g/mol. The fourth-order valence-electron chi connectivity index (χ4n) is 3.61. The number of nitrogens with zero attached hydrogens (tertiary/aromatic N) is 2. The van der Waals surface area contributed by atoms with Gasteiger partial charge in [-0.25, -0.2) is 9.48 Å². The summed E-state index contributed by atoms with van der Waals surface area (Å²) in [6, 6.07) is 29.7. The van der Waals surface area contributed by atoms with Gasteiger partial charge in [0.15, 0.2) is 0 Å². The van der Waals surface area contributed by atoms with Crippen molar-refractivity contribution in [2.24, 2.45) is 0 Å². The third-order valence-electron chi connectivity index (χ3n) is 5.16. The number of rotatable bonds is 5. The second-order valence-corrected chi connectivity index (χ2v) is 8.35. The maximum Gasteiger partial charge on any atom is 0.353 e. The van der Waals surface area contributed by atoms with Crippen molar-refractivity contribution in [1.29, 1.82) is 0 Å². The van der Waals surface area contributed by atoms with Crippen molar-refractivity contribution in [2.45, 2.75) is 13.3 Å². The maximum absolute atomic E-state index is 13.0. The average Bonchev–Trinajstić information content (AvgIpc) is 3.37. The Kier molecular flexibility index (Phi) is 5.10. The van der Waals surface area contributed by atoms with Gasteiger partial charge in [-0.15, -0.1) is 11.3 Å². The van der Waals surface area contributed by atoms with Gasteiger partial charge in [-0.2, -0.15) is 5.10 Å². The van der Waals surface area contributed by atoms with Crippen LogP contribution >= 0.6 is 11.3 Å². The van der Waals surface area contributed by atoms with Crippen LogP contribution in [0.3, 0.4) is 0 Å². The zero-order valence-electron chi connectivity index (χ0n) is 17.0. The molecule has 0 radical (unpaired) electrons. The normalized spacial score (nSPS) is 11.0. The van der Waals surface area contributed by atoms with Gasteiger partial charge in [-0.05, 0) is 42.3 Å². The summed E-state index contributed by atoms with van der Waals surface area (Å²) in [6.07, 6.45) is 0.707. The fraction of sp³-hybridized carbons (Fsp3) is 0.0769. The minimum absolute atomic E-state index is 0.347. The number of aryl methyl sites for hydroxylation is 1. The number of hydrogen-bond donors (Lipinski definition) is 0. The molecule has 0 atom stereocenters. The Hall–Kier alpha value is -3.70. The quantitative estimate of drug-likeness (QED) is 0.249.